The van der Waals surface area contributed by atoms with Gasteiger partial charge in [-0.25, -0.2) is 19.9 Å². The lowest BCUT2D eigenvalue weighted by atomic mass is 9.77. The lowest BCUT2D eigenvalue weighted by Gasteiger charge is -2.36. The largest absolute Gasteiger partial charge is 0.395 e. The highest BCUT2D eigenvalue weighted by atomic mass is 16.5. The standard InChI is InChI=1S/C27H36N8O2/c1-27(2,13-36)17-4-6-20-21(11-17)34-22(33-20)7-3-16-9-18(10-16)29-12-19-5-8-23(37-19)35-15-32-24-25(28)30-14-31-26(24)35/h4,6,11,14-16,18-19,23,29,36H,3,5,7-10,12-13H2,1-2H3,(H,33,34)(H2,28,30,31)/t16?,18?,19?,23-/m1/s1. The molecule has 10 nitrogen and oxygen atoms in total. The van der Waals surface area contributed by atoms with Crippen LogP contribution in [0.15, 0.2) is 30.9 Å². The van der Waals surface area contributed by atoms with Gasteiger partial charge in [0, 0.05) is 24.4 Å². The lowest BCUT2D eigenvalue weighted by Crippen LogP contribution is -2.44. The van der Waals surface area contributed by atoms with Crippen LogP contribution in [0.25, 0.3) is 22.2 Å². The molecule has 1 saturated carbocycles. The fraction of sp³-hybridized carbons (Fsp3) is 0.556. The molecule has 10 heteroatoms. The second kappa shape index (κ2) is 9.66. The molecule has 1 unspecified atom stereocenters. The molecule has 0 amide bonds. The summed E-state index contributed by atoms with van der Waals surface area (Å²) in [4.78, 5) is 21.0. The molecule has 1 saturated heterocycles. The number of fused-ring (bicyclic) bond motifs is 2. The Balaban J connectivity index is 0.944. The molecule has 1 aliphatic carbocycles. The first-order valence-electron chi connectivity index (χ1n) is 13.3. The lowest BCUT2D eigenvalue weighted by molar-refractivity contribution is 0.00151. The van der Waals surface area contributed by atoms with E-state index in [1.807, 2.05) is 4.57 Å². The van der Waals surface area contributed by atoms with Crippen molar-refractivity contribution in [2.75, 3.05) is 18.9 Å². The van der Waals surface area contributed by atoms with Gasteiger partial charge in [-0.1, -0.05) is 19.9 Å². The Labute approximate surface area is 216 Å². The average Bonchev–Trinajstić information content (AvgIpc) is 3.60. The smallest absolute Gasteiger partial charge is 0.167 e. The number of H-pyrrole nitrogens is 1. The Kier molecular flexibility index (Phi) is 6.34. The second-order valence-corrected chi connectivity index (χ2v) is 11.3. The van der Waals surface area contributed by atoms with Gasteiger partial charge >= 0.3 is 0 Å². The van der Waals surface area contributed by atoms with Crippen LogP contribution >= 0.6 is 0 Å². The van der Waals surface area contributed by atoms with E-state index < -0.39 is 0 Å². The van der Waals surface area contributed by atoms with Crippen LogP contribution in [0.3, 0.4) is 0 Å². The number of aliphatic hydroxyl groups excluding tert-OH is 1. The van der Waals surface area contributed by atoms with Gasteiger partial charge in [0.25, 0.3) is 0 Å². The number of aliphatic hydroxyl groups is 1. The minimum atomic E-state index is -0.255. The van der Waals surface area contributed by atoms with Gasteiger partial charge in [-0.2, -0.15) is 0 Å². The monoisotopic (exact) mass is 504 g/mol. The van der Waals surface area contributed by atoms with Gasteiger partial charge in [-0.05, 0) is 55.7 Å². The Bertz CT molecular complexity index is 1390. The number of nitrogens with zero attached hydrogens (tertiary/aromatic N) is 5. The van der Waals surface area contributed by atoms with E-state index in [1.54, 1.807) is 6.33 Å². The number of imidazole rings is 2. The Morgan fingerprint density at radius 2 is 2.08 bits per heavy atom. The normalized spacial score (nSPS) is 24.2. The molecule has 37 heavy (non-hydrogen) atoms. The Morgan fingerprint density at radius 3 is 2.92 bits per heavy atom. The summed E-state index contributed by atoms with van der Waals surface area (Å²) in [7, 11) is 0. The third-order valence-corrected chi connectivity index (χ3v) is 8.15. The number of hydrogen-bond donors (Lipinski definition) is 4. The van der Waals surface area contributed by atoms with E-state index in [2.05, 4.69) is 57.3 Å². The molecule has 4 heterocycles. The number of aromatic nitrogens is 6. The molecule has 6 rings (SSSR count). The van der Waals surface area contributed by atoms with Crippen molar-refractivity contribution in [3.05, 3.63) is 42.2 Å². The van der Waals surface area contributed by atoms with E-state index in [9.17, 15) is 5.11 Å². The zero-order valence-electron chi connectivity index (χ0n) is 21.5. The topological polar surface area (TPSA) is 140 Å². The molecule has 3 aromatic heterocycles. The van der Waals surface area contributed by atoms with Gasteiger partial charge in [-0.15, -0.1) is 0 Å². The molecule has 196 valence electrons. The summed E-state index contributed by atoms with van der Waals surface area (Å²) in [6, 6.07) is 6.82. The maximum atomic E-state index is 9.67. The second-order valence-electron chi connectivity index (χ2n) is 11.3. The number of aryl methyl sites for hydroxylation is 1. The SMILES string of the molecule is CC(C)(CO)c1ccc2nc(CCC3CC(NCC4CC[C@H](n5cnc6c(N)ncnc65)O4)C3)[nH]c2c1. The molecule has 1 aromatic carbocycles. The van der Waals surface area contributed by atoms with Gasteiger partial charge in [0.2, 0.25) is 0 Å². The van der Waals surface area contributed by atoms with Crippen molar-refractivity contribution in [3.8, 4) is 0 Å². The number of ether oxygens (including phenoxy) is 1. The molecule has 5 N–H and O–H groups in total. The van der Waals surface area contributed by atoms with Crippen LogP contribution in [0.5, 0.6) is 0 Å². The van der Waals surface area contributed by atoms with Crippen LogP contribution in [-0.4, -0.2) is 59.9 Å². The van der Waals surface area contributed by atoms with E-state index in [4.69, 9.17) is 15.5 Å². The molecule has 0 spiro atoms. The van der Waals surface area contributed by atoms with Crippen LogP contribution in [0.2, 0.25) is 0 Å². The van der Waals surface area contributed by atoms with Gasteiger partial charge in [0.15, 0.2) is 11.5 Å². The third kappa shape index (κ3) is 4.81. The third-order valence-electron chi connectivity index (χ3n) is 8.15. The summed E-state index contributed by atoms with van der Waals surface area (Å²) in [5, 5.41) is 13.4. The van der Waals surface area contributed by atoms with Crippen molar-refractivity contribution in [2.45, 2.75) is 76.2 Å². The average molecular weight is 505 g/mol. The zero-order valence-corrected chi connectivity index (χ0v) is 21.5. The van der Waals surface area contributed by atoms with E-state index in [-0.39, 0.29) is 24.4 Å². The number of nitrogens with two attached hydrogens (primary N) is 1. The molecular formula is C27H36N8O2. The van der Waals surface area contributed by atoms with Crippen molar-refractivity contribution in [3.63, 3.8) is 0 Å². The van der Waals surface area contributed by atoms with Crippen LogP contribution in [0.1, 0.15) is 63.6 Å². The summed E-state index contributed by atoms with van der Waals surface area (Å²) in [6.45, 7) is 5.10. The molecule has 0 bridgehead atoms. The number of benzene rings is 1. The quantitative estimate of drug-likeness (QED) is 0.272. The van der Waals surface area contributed by atoms with Crippen molar-refractivity contribution in [2.24, 2.45) is 5.92 Å². The maximum absolute atomic E-state index is 9.67. The summed E-state index contributed by atoms with van der Waals surface area (Å²) < 4.78 is 8.27. The van der Waals surface area contributed by atoms with Gasteiger partial charge in [-0.3, -0.25) is 4.57 Å². The fourth-order valence-corrected chi connectivity index (χ4v) is 5.59. The van der Waals surface area contributed by atoms with E-state index in [0.717, 1.165) is 66.2 Å². The van der Waals surface area contributed by atoms with Crippen LogP contribution in [0, 0.1) is 5.92 Å². The van der Waals surface area contributed by atoms with Crippen molar-refractivity contribution in [1.29, 1.82) is 0 Å². The van der Waals surface area contributed by atoms with Gasteiger partial charge in [0.1, 0.15) is 23.9 Å². The first kappa shape index (κ1) is 24.3. The highest BCUT2D eigenvalue weighted by Gasteiger charge is 2.32. The summed E-state index contributed by atoms with van der Waals surface area (Å²) >= 11 is 0. The van der Waals surface area contributed by atoms with Crippen molar-refractivity contribution < 1.29 is 9.84 Å². The zero-order chi connectivity index (χ0) is 25.6. The first-order chi connectivity index (χ1) is 17.9. The molecule has 2 aliphatic rings. The molecule has 4 aromatic rings. The van der Waals surface area contributed by atoms with Gasteiger partial charge in [0.05, 0.1) is 30.1 Å². The highest BCUT2D eigenvalue weighted by molar-refractivity contribution is 5.81. The molecule has 2 atom stereocenters. The highest BCUT2D eigenvalue weighted by Crippen LogP contribution is 2.34. The predicted molar refractivity (Wildman–Crippen MR) is 142 cm³/mol. The Morgan fingerprint density at radius 1 is 1.22 bits per heavy atom. The van der Waals surface area contributed by atoms with Crippen LogP contribution in [0.4, 0.5) is 5.82 Å². The number of anilines is 1. The van der Waals surface area contributed by atoms with Crippen molar-refractivity contribution in [1.82, 2.24) is 34.8 Å². The fourth-order valence-electron chi connectivity index (χ4n) is 5.59. The van der Waals surface area contributed by atoms with Crippen LogP contribution in [-0.2, 0) is 16.6 Å². The minimum absolute atomic E-state index is 0.0603. The summed E-state index contributed by atoms with van der Waals surface area (Å²) in [5.41, 5.74) is 10.2. The van der Waals surface area contributed by atoms with Crippen LogP contribution < -0.4 is 11.1 Å². The predicted octanol–water partition coefficient (Wildman–Crippen LogP) is 3.23. The number of aromatic amines is 1. The maximum Gasteiger partial charge on any atom is 0.167 e. The van der Waals surface area contributed by atoms with E-state index >= 15 is 0 Å². The molecule has 2 fully saturated rings. The Hall–Kier alpha value is -3.08. The minimum Gasteiger partial charge on any atom is -0.395 e. The van der Waals surface area contributed by atoms with Gasteiger partial charge < -0.3 is 25.9 Å². The number of rotatable bonds is 9. The molecule has 0 radical (unpaired) electrons. The summed E-state index contributed by atoms with van der Waals surface area (Å²) in [5.74, 6) is 2.18. The number of nitrogens with one attached hydrogen (secondary N) is 2. The summed E-state index contributed by atoms with van der Waals surface area (Å²) in [6.07, 6.45) is 9.82. The number of nitrogen functional groups attached to an aromatic ring is 1. The van der Waals surface area contributed by atoms with E-state index in [0.29, 0.717) is 17.4 Å². The first-order valence-corrected chi connectivity index (χ1v) is 13.3. The van der Waals surface area contributed by atoms with Crippen molar-refractivity contribution >= 4 is 28.0 Å². The van der Waals surface area contributed by atoms with E-state index in [1.165, 1.54) is 19.2 Å². The number of hydrogen-bond acceptors (Lipinski definition) is 8. The molecule has 1 aliphatic heterocycles. The molecular weight excluding hydrogens is 468 g/mol.